The highest BCUT2D eigenvalue weighted by atomic mass is 16.5. The van der Waals surface area contributed by atoms with E-state index >= 15 is 0 Å². The molecule has 0 bridgehead atoms. The van der Waals surface area contributed by atoms with Crippen LogP contribution >= 0.6 is 0 Å². The molecule has 0 radical (unpaired) electrons. The molecule has 1 aromatic rings. The summed E-state index contributed by atoms with van der Waals surface area (Å²) < 4.78 is 11.3. The second-order valence-corrected chi connectivity index (χ2v) is 5.51. The van der Waals surface area contributed by atoms with E-state index in [1.54, 1.807) is 0 Å². The Balaban J connectivity index is 1.90. The van der Waals surface area contributed by atoms with Gasteiger partial charge in [-0.2, -0.15) is 0 Å². The Morgan fingerprint density at radius 3 is 2.74 bits per heavy atom. The summed E-state index contributed by atoms with van der Waals surface area (Å²) in [5.74, 6) is 1.52. The minimum atomic E-state index is -0.874. The van der Waals surface area contributed by atoms with E-state index in [1.165, 1.54) is 0 Å². The van der Waals surface area contributed by atoms with Crippen molar-refractivity contribution in [1.82, 2.24) is 5.32 Å². The number of benzene rings is 1. The van der Waals surface area contributed by atoms with Crippen LogP contribution in [0.15, 0.2) is 18.2 Å². The highest BCUT2D eigenvalue weighted by molar-refractivity contribution is 5.45. The third-order valence-corrected chi connectivity index (χ3v) is 4.07. The van der Waals surface area contributed by atoms with E-state index < -0.39 is 5.60 Å². The molecule has 2 atom stereocenters. The first kappa shape index (κ1) is 12.8. The molecular formula is C15H21NO3. The first-order valence-electron chi connectivity index (χ1n) is 7.04. The maximum Gasteiger partial charge on any atom is 0.161 e. The van der Waals surface area contributed by atoms with Crippen molar-refractivity contribution in [2.45, 2.75) is 37.8 Å². The van der Waals surface area contributed by atoms with Crippen molar-refractivity contribution >= 4 is 0 Å². The van der Waals surface area contributed by atoms with E-state index in [9.17, 15) is 5.11 Å². The van der Waals surface area contributed by atoms with Crippen molar-refractivity contribution in [3.63, 3.8) is 0 Å². The molecule has 4 heteroatoms. The van der Waals surface area contributed by atoms with Gasteiger partial charge in [0.05, 0.1) is 13.2 Å². The van der Waals surface area contributed by atoms with Gasteiger partial charge in [0.2, 0.25) is 0 Å². The summed E-state index contributed by atoms with van der Waals surface area (Å²) in [6, 6.07) is 5.87. The van der Waals surface area contributed by atoms with Crippen LogP contribution in [0.2, 0.25) is 0 Å². The van der Waals surface area contributed by atoms with Crippen LogP contribution in [0, 0.1) is 0 Å². The maximum atomic E-state index is 10.8. The summed E-state index contributed by atoms with van der Waals surface area (Å²) in [6.45, 7) is 4.20. The Hall–Kier alpha value is -1.26. The summed E-state index contributed by atoms with van der Waals surface area (Å²) in [4.78, 5) is 0. The Bertz CT molecular complexity index is 453. The van der Waals surface area contributed by atoms with Crippen LogP contribution in [0.4, 0.5) is 0 Å². The van der Waals surface area contributed by atoms with E-state index in [4.69, 9.17) is 9.47 Å². The van der Waals surface area contributed by atoms with Crippen LogP contribution in [0.5, 0.6) is 11.5 Å². The van der Waals surface area contributed by atoms with Crippen LogP contribution in [0.25, 0.3) is 0 Å². The molecule has 0 amide bonds. The molecule has 1 saturated heterocycles. The molecule has 1 aromatic carbocycles. The molecular weight excluding hydrogens is 242 g/mol. The topological polar surface area (TPSA) is 50.7 Å². The van der Waals surface area contributed by atoms with Crippen molar-refractivity contribution in [2.24, 2.45) is 0 Å². The van der Waals surface area contributed by atoms with Gasteiger partial charge in [0.25, 0.3) is 0 Å². The smallest absolute Gasteiger partial charge is 0.161 e. The molecule has 1 fully saturated rings. The summed E-state index contributed by atoms with van der Waals surface area (Å²) in [5, 5.41) is 14.2. The van der Waals surface area contributed by atoms with E-state index in [0.29, 0.717) is 13.2 Å². The fourth-order valence-electron chi connectivity index (χ4n) is 2.84. The molecule has 2 aliphatic rings. The summed E-state index contributed by atoms with van der Waals surface area (Å²) >= 11 is 0. The first-order valence-corrected chi connectivity index (χ1v) is 7.04. The average Bonchev–Trinajstić information content (AvgIpc) is 2.85. The lowest BCUT2D eigenvalue weighted by molar-refractivity contribution is 0.0216. The van der Waals surface area contributed by atoms with Gasteiger partial charge in [-0.25, -0.2) is 0 Å². The van der Waals surface area contributed by atoms with Crippen molar-refractivity contribution in [2.75, 3.05) is 19.8 Å². The van der Waals surface area contributed by atoms with Gasteiger partial charge in [0, 0.05) is 12.5 Å². The third-order valence-electron chi connectivity index (χ3n) is 4.07. The lowest BCUT2D eigenvalue weighted by atomic mass is 9.87. The number of nitrogens with one attached hydrogen (secondary N) is 1. The third kappa shape index (κ3) is 2.42. The van der Waals surface area contributed by atoms with Gasteiger partial charge in [0.15, 0.2) is 11.5 Å². The number of ether oxygens (including phenoxy) is 2. The molecule has 0 aromatic heterocycles. The van der Waals surface area contributed by atoms with Gasteiger partial charge >= 0.3 is 0 Å². The number of hydrogen-bond donors (Lipinski definition) is 2. The fraction of sp³-hybridized carbons (Fsp3) is 0.600. The number of rotatable bonds is 2. The zero-order valence-electron chi connectivity index (χ0n) is 11.3. The molecule has 4 nitrogen and oxygen atoms in total. The van der Waals surface area contributed by atoms with E-state index in [1.807, 2.05) is 25.1 Å². The number of hydrogen-bond acceptors (Lipinski definition) is 4. The number of fused-ring (bicyclic) bond motifs is 1. The highest BCUT2D eigenvalue weighted by Crippen LogP contribution is 2.36. The zero-order chi connectivity index (χ0) is 13.3. The van der Waals surface area contributed by atoms with Gasteiger partial charge in [-0.3, -0.25) is 0 Å². The average molecular weight is 263 g/mol. The molecule has 0 aliphatic carbocycles. The molecule has 104 valence electrons. The molecule has 2 N–H and O–H groups in total. The molecule has 0 saturated carbocycles. The normalized spacial score (nSPS) is 25.7. The van der Waals surface area contributed by atoms with Crippen LogP contribution in [0.3, 0.4) is 0 Å². The molecule has 2 heterocycles. The predicted octanol–water partition coefficient (Wildman–Crippen LogP) is 1.81. The summed E-state index contributed by atoms with van der Waals surface area (Å²) in [7, 11) is 0. The van der Waals surface area contributed by atoms with Gasteiger partial charge in [-0.15, -0.1) is 0 Å². The largest absolute Gasteiger partial charge is 0.490 e. The lowest BCUT2D eigenvalue weighted by Gasteiger charge is -2.31. The fourth-order valence-corrected chi connectivity index (χ4v) is 2.84. The quantitative estimate of drug-likeness (QED) is 0.854. The van der Waals surface area contributed by atoms with Gasteiger partial charge < -0.3 is 19.9 Å². The molecule has 3 rings (SSSR count). The molecule has 19 heavy (non-hydrogen) atoms. The molecule has 2 aliphatic heterocycles. The minimum Gasteiger partial charge on any atom is -0.490 e. The Labute approximate surface area is 113 Å². The second kappa shape index (κ2) is 5.02. The monoisotopic (exact) mass is 263 g/mol. The Morgan fingerprint density at radius 1 is 1.21 bits per heavy atom. The zero-order valence-corrected chi connectivity index (χ0v) is 11.3. The van der Waals surface area contributed by atoms with Crippen LogP contribution in [0.1, 0.15) is 31.7 Å². The standard InChI is InChI=1S/C15H21NO3/c1-15(17,14-4-2-7-16-14)11-5-6-12-13(10-11)19-9-3-8-18-12/h5-6,10,14,16-17H,2-4,7-9H2,1H3. The van der Waals surface area contributed by atoms with Gasteiger partial charge in [-0.1, -0.05) is 6.07 Å². The van der Waals surface area contributed by atoms with Crippen molar-refractivity contribution in [3.05, 3.63) is 23.8 Å². The van der Waals surface area contributed by atoms with Crippen LogP contribution < -0.4 is 14.8 Å². The highest BCUT2D eigenvalue weighted by Gasteiger charge is 2.36. The van der Waals surface area contributed by atoms with Crippen LogP contribution in [-0.4, -0.2) is 30.9 Å². The van der Waals surface area contributed by atoms with Crippen LogP contribution in [-0.2, 0) is 5.60 Å². The first-order chi connectivity index (χ1) is 9.18. The predicted molar refractivity (Wildman–Crippen MR) is 72.6 cm³/mol. The maximum absolute atomic E-state index is 10.8. The van der Waals surface area contributed by atoms with E-state index in [-0.39, 0.29) is 6.04 Å². The summed E-state index contributed by atoms with van der Waals surface area (Å²) in [5.41, 5.74) is 0.0115. The summed E-state index contributed by atoms with van der Waals surface area (Å²) in [6.07, 6.45) is 3.01. The SMILES string of the molecule is CC(O)(c1ccc2c(c1)OCCCO2)C1CCCN1. The van der Waals surface area contributed by atoms with Crippen molar-refractivity contribution in [3.8, 4) is 11.5 Å². The molecule has 0 spiro atoms. The number of aliphatic hydroxyl groups is 1. The Morgan fingerprint density at radius 2 is 2.00 bits per heavy atom. The second-order valence-electron chi connectivity index (χ2n) is 5.51. The molecule has 2 unspecified atom stereocenters. The van der Waals surface area contributed by atoms with E-state index in [0.717, 1.165) is 42.9 Å². The minimum absolute atomic E-state index is 0.109. The van der Waals surface area contributed by atoms with Crippen molar-refractivity contribution < 1.29 is 14.6 Å². The van der Waals surface area contributed by atoms with Gasteiger partial charge in [0.1, 0.15) is 5.60 Å². The van der Waals surface area contributed by atoms with Gasteiger partial charge in [-0.05, 0) is 44.0 Å². The Kier molecular flexibility index (Phi) is 3.37. The van der Waals surface area contributed by atoms with E-state index in [2.05, 4.69) is 5.32 Å². The van der Waals surface area contributed by atoms with Crippen molar-refractivity contribution in [1.29, 1.82) is 0 Å². The lowest BCUT2D eigenvalue weighted by Crippen LogP contribution is -2.42.